The van der Waals surface area contributed by atoms with Crippen molar-refractivity contribution in [3.05, 3.63) is 34.1 Å². The standard InChI is InChI=1S/C11H13FN2O2/c12-9-4-5-11(14(15)16)10(6-9)13-7-8-2-1-3-8/h4-6,8,13H,1-3,7H2. The number of hydrogen-bond donors (Lipinski definition) is 1. The van der Waals surface area contributed by atoms with Crippen LogP contribution in [0.3, 0.4) is 0 Å². The van der Waals surface area contributed by atoms with Crippen LogP contribution in [-0.2, 0) is 0 Å². The Morgan fingerprint density at radius 3 is 2.81 bits per heavy atom. The van der Waals surface area contributed by atoms with E-state index in [1.807, 2.05) is 0 Å². The normalized spacial score (nSPS) is 15.6. The second-order valence-corrected chi connectivity index (χ2v) is 4.10. The summed E-state index contributed by atoms with van der Waals surface area (Å²) < 4.78 is 13.0. The van der Waals surface area contributed by atoms with E-state index in [9.17, 15) is 14.5 Å². The molecule has 0 atom stereocenters. The van der Waals surface area contributed by atoms with Gasteiger partial charge in [0.15, 0.2) is 0 Å². The lowest BCUT2D eigenvalue weighted by Gasteiger charge is -2.25. The molecule has 16 heavy (non-hydrogen) atoms. The van der Waals surface area contributed by atoms with Gasteiger partial charge in [-0.2, -0.15) is 0 Å². The first kappa shape index (κ1) is 10.9. The summed E-state index contributed by atoms with van der Waals surface area (Å²) in [5, 5.41) is 13.7. The fourth-order valence-corrected chi connectivity index (χ4v) is 1.76. The molecule has 0 aromatic heterocycles. The van der Waals surface area contributed by atoms with Crippen LogP contribution in [0.25, 0.3) is 0 Å². The molecule has 86 valence electrons. The van der Waals surface area contributed by atoms with Crippen molar-refractivity contribution in [2.45, 2.75) is 19.3 Å². The van der Waals surface area contributed by atoms with E-state index in [1.54, 1.807) is 0 Å². The topological polar surface area (TPSA) is 55.2 Å². The van der Waals surface area contributed by atoms with Gasteiger partial charge < -0.3 is 5.32 Å². The van der Waals surface area contributed by atoms with E-state index >= 15 is 0 Å². The molecule has 1 saturated carbocycles. The lowest BCUT2D eigenvalue weighted by molar-refractivity contribution is -0.384. The SMILES string of the molecule is O=[N+]([O-])c1ccc(F)cc1NCC1CCC1. The van der Waals surface area contributed by atoms with E-state index in [0.29, 0.717) is 12.5 Å². The molecule has 1 aliphatic carbocycles. The Labute approximate surface area is 92.6 Å². The minimum absolute atomic E-state index is 0.0688. The van der Waals surface area contributed by atoms with Crippen LogP contribution in [0.1, 0.15) is 19.3 Å². The van der Waals surface area contributed by atoms with Gasteiger partial charge in [-0.3, -0.25) is 10.1 Å². The monoisotopic (exact) mass is 224 g/mol. The van der Waals surface area contributed by atoms with E-state index in [1.165, 1.54) is 18.6 Å². The summed E-state index contributed by atoms with van der Waals surface area (Å²) in [4.78, 5) is 10.2. The zero-order valence-electron chi connectivity index (χ0n) is 8.78. The molecule has 2 rings (SSSR count). The van der Waals surface area contributed by atoms with Crippen LogP contribution in [0, 0.1) is 21.8 Å². The highest BCUT2D eigenvalue weighted by Gasteiger charge is 2.19. The Kier molecular flexibility index (Phi) is 3.03. The maximum absolute atomic E-state index is 13.0. The number of nitrogens with zero attached hydrogens (tertiary/aromatic N) is 1. The molecule has 5 heteroatoms. The molecule has 1 aromatic carbocycles. The predicted molar refractivity (Wildman–Crippen MR) is 58.9 cm³/mol. The third-order valence-electron chi connectivity index (χ3n) is 2.96. The van der Waals surface area contributed by atoms with Gasteiger partial charge in [0.25, 0.3) is 5.69 Å². The van der Waals surface area contributed by atoms with Crippen molar-refractivity contribution in [3.63, 3.8) is 0 Å². The molecule has 0 amide bonds. The molecule has 0 radical (unpaired) electrons. The fraction of sp³-hybridized carbons (Fsp3) is 0.455. The highest BCUT2D eigenvalue weighted by Crippen LogP contribution is 2.29. The summed E-state index contributed by atoms with van der Waals surface area (Å²) in [7, 11) is 0. The third kappa shape index (κ3) is 2.29. The molecule has 0 unspecified atom stereocenters. The maximum atomic E-state index is 13.0. The number of hydrogen-bond acceptors (Lipinski definition) is 3. The second-order valence-electron chi connectivity index (χ2n) is 4.10. The van der Waals surface area contributed by atoms with E-state index in [0.717, 1.165) is 18.9 Å². The number of halogens is 1. The second kappa shape index (κ2) is 4.47. The first-order valence-electron chi connectivity index (χ1n) is 5.34. The molecule has 0 bridgehead atoms. The maximum Gasteiger partial charge on any atom is 0.292 e. The van der Waals surface area contributed by atoms with Crippen molar-refractivity contribution in [3.8, 4) is 0 Å². The van der Waals surface area contributed by atoms with Gasteiger partial charge >= 0.3 is 0 Å². The number of anilines is 1. The lowest BCUT2D eigenvalue weighted by atomic mass is 9.85. The molecule has 1 aliphatic rings. The number of nitrogens with one attached hydrogen (secondary N) is 1. The number of rotatable bonds is 4. The van der Waals surface area contributed by atoms with Crippen LogP contribution in [0.4, 0.5) is 15.8 Å². The van der Waals surface area contributed by atoms with E-state index in [-0.39, 0.29) is 11.4 Å². The van der Waals surface area contributed by atoms with Crippen LogP contribution < -0.4 is 5.32 Å². The van der Waals surface area contributed by atoms with Crippen LogP contribution in [0.15, 0.2) is 18.2 Å². The van der Waals surface area contributed by atoms with E-state index in [2.05, 4.69) is 5.32 Å². The predicted octanol–water partition coefficient (Wildman–Crippen LogP) is 2.95. The van der Waals surface area contributed by atoms with Gasteiger partial charge in [0, 0.05) is 18.7 Å². The van der Waals surface area contributed by atoms with Gasteiger partial charge in [-0.15, -0.1) is 0 Å². The van der Waals surface area contributed by atoms with Crippen molar-refractivity contribution >= 4 is 11.4 Å². The molecule has 0 heterocycles. The smallest absolute Gasteiger partial charge is 0.292 e. The Morgan fingerprint density at radius 2 is 2.25 bits per heavy atom. The van der Waals surface area contributed by atoms with Gasteiger partial charge in [-0.1, -0.05) is 6.42 Å². The molecule has 1 aromatic rings. The van der Waals surface area contributed by atoms with Crippen LogP contribution in [0.5, 0.6) is 0 Å². The zero-order chi connectivity index (χ0) is 11.5. The van der Waals surface area contributed by atoms with Crippen LogP contribution in [0.2, 0.25) is 0 Å². The summed E-state index contributed by atoms with van der Waals surface area (Å²) in [5.41, 5.74) is 0.206. The molecule has 0 saturated heterocycles. The molecule has 4 nitrogen and oxygen atoms in total. The van der Waals surface area contributed by atoms with Gasteiger partial charge in [0.2, 0.25) is 0 Å². The van der Waals surface area contributed by atoms with E-state index < -0.39 is 10.7 Å². The highest BCUT2D eigenvalue weighted by molar-refractivity contribution is 5.61. The average molecular weight is 224 g/mol. The molecular formula is C11H13FN2O2. The first-order valence-corrected chi connectivity index (χ1v) is 5.34. The van der Waals surface area contributed by atoms with E-state index in [4.69, 9.17) is 0 Å². The number of benzene rings is 1. The first-order chi connectivity index (χ1) is 7.66. The van der Waals surface area contributed by atoms with Gasteiger partial charge in [0.1, 0.15) is 11.5 Å². The molecular weight excluding hydrogens is 211 g/mol. The van der Waals surface area contributed by atoms with Crippen molar-refractivity contribution in [1.82, 2.24) is 0 Å². The fourth-order valence-electron chi connectivity index (χ4n) is 1.76. The number of nitro groups is 1. The largest absolute Gasteiger partial charge is 0.379 e. The zero-order valence-corrected chi connectivity index (χ0v) is 8.78. The Morgan fingerprint density at radius 1 is 1.50 bits per heavy atom. The summed E-state index contributed by atoms with van der Waals surface area (Å²) >= 11 is 0. The third-order valence-corrected chi connectivity index (χ3v) is 2.96. The van der Waals surface area contributed by atoms with Crippen molar-refractivity contribution in [1.29, 1.82) is 0 Å². The van der Waals surface area contributed by atoms with Gasteiger partial charge in [-0.25, -0.2) is 4.39 Å². The molecule has 0 spiro atoms. The Hall–Kier alpha value is -1.65. The van der Waals surface area contributed by atoms with Gasteiger partial charge in [-0.05, 0) is 24.8 Å². The summed E-state index contributed by atoms with van der Waals surface area (Å²) in [6.07, 6.45) is 3.52. The van der Waals surface area contributed by atoms with Crippen LogP contribution >= 0.6 is 0 Å². The van der Waals surface area contributed by atoms with Crippen molar-refractivity contribution in [2.75, 3.05) is 11.9 Å². The minimum Gasteiger partial charge on any atom is -0.379 e. The molecule has 0 aliphatic heterocycles. The Balaban J connectivity index is 2.09. The minimum atomic E-state index is -0.497. The quantitative estimate of drug-likeness (QED) is 0.631. The molecule has 1 N–H and O–H groups in total. The summed E-state index contributed by atoms with van der Waals surface area (Å²) in [6.45, 7) is 0.685. The number of nitro benzene ring substituents is 1. The summed E-state index contributed by atoms with van der Waals surface area (Å²) in [6, 6.07) is 3.47. The van der Waals surface area contributed by atoms with Gasteiger partial charge in [0.05, 0.1) is 4.92 Å². The highest BCUT2D eigenvalue weighted by atomic mass is 19.1. The average Bonchev–Trinajstić information content (AvgIpc) is 2.14. The van der Waals surface area contributed by atoms with Crippen molar-refractivity contribution in [2.24, 2.45) is 5.92 Å². The van der Waals surface area contributed by atoms with Crippen molar-refractivity contribution < 1.29 is 9.31 Å². The summed E-state index contributed by atoms with van der Waals surface area (Å²) in [5.74, 6) is 0.115. The lowest BCUT2D eigenvalue weighted by Crippen LogP contribution is -2.21. The molecule has 1 fully saturated rings. The Bertz CT molecular complexity index is 405. The van der Waals surface area contributed by atoms with Crippen LogP contribution in [-0.4, -0.2) is 11.5 Å².